The highest BCUT2D eigenvalue weighted by molar-refractivity contribution is 9.18. The second kappa shape index (κ2) is 5.07. The molecule has 0 heterocycles. The van der Waals surface area contributed by atoms with Gasteiger partial charge in [0, 0.05) is 11.4 Å². The van der Waals surface area contributed by atoms with Crippen molar-refractivity contribution in [3.63, 3.8) is 0 Å². The third-order valence-corrected chi connectivity index (χ3v) is 2.09. The molecule has 2 N–H and O–H groups in total. The Labute approximate surface area is 96.8 Å². The van der Waals surface area contributed by atoms with E-state index >= 15 is 0 Å². The van der Waals surface area contributed by atoms with Gasteiger partial charge < -0.3 is 5.32 Å². The first kappa shape index (κ1) is 11.9. The van der Waals surface area contributed by atoms with Crippen LogP contribution in [0.5, 0.6) is 0 Å². The molecule has 1 rings (SSSR count). The molecular formula is C11H12BrFN2. The van der Waals surface area contributed by atoms with Crippen LogP contribution in [0.4, 0.5) is 10.1 Å². The van der Waals surface area contributed by atoms with E-state index in [1.54, 1.807) is 12.1 Å². The number of hydrogen-bond acceptors (Lipinski definition) is 2. The fourth-order valence-electron chi connectivity index (χ4n) is 1.21. The van der Waals surface area contributed by atoms with Crippen molar-refractivity contribution in [2.45, 2.75) is 13.8 Å². The topological polar surface area (TPSA) is 35.9 Å². The van der Waals surface area contributed by atoms with Crippen molar-refractivity contribution in [1.82, 2.24) is 0 Å². The zero-order chi connectivity index (χ0) is 11.4. The number of anilines is 1. The van der Waals surface area contributed by atoms with Gasteiger partial charge in [-0.2, -0.15) is 0 Å². The van der Waals surface area contributed by atoms with E-state index in [1.807, 2.05) is 13.8 Å². The lowest BCUT2D eigenvalue weighted by Gasteiger charge is -2.09. The van der Waals surface area contributed by atoms with Crippen LogP contribution in [0.15, 0.2) is 30.0 Å². The number of hydrogen-bond donors (Lipinski definition) is 2. The van der Waals surface area contributed by atoms with Crippen LogP contribution in [0.1, 0.15) is 12.5 Å². The first-order chi connectivity index (χ1) is 6.99. The lowest BCUT2D eigenvalue weighted by Crippen LogP contribution is -1.99. The van der Waals surface area contributed by atoms with Crippen LogP contribution in [0.3, 0.4) is 0 Å². The van der Waals surface area contributed by atoms with Gasteiger partial charge >= 0.3 is 0 Å². The van der Waals surface area contributed by atoms with Crippen molar-refractivity contribution >= 4 is 26.2 Å². The van der Waals surface area contributed by atoms with Crippen molar-refractivity contribution in [2.75, 3.05) is 5.32 Å². The molecule has 0 aliphatic heterocycles. The average molecular weight is 271 g/mol. The summed E-state index contributed by atoms with van der Waals surface area (Å²) in [6.07, 6.45) is 1.64. The van der Waals surface area contributed by atoms with E-state index < -0.39 is 0 Å². The minimum atomic E-state index is -0.243. The summed E-state index contributed by atoms with van der Waals surface area (Å²) in [5.74, 6) is -0.243. The Morgan fingerprint density at radius 3 is 2.73 bits per heavy atom. The zero-order valence-electron chi connectivity index (χ0n) is 8.57. The predicted molar refractivity (Wildman–Crippen MR) is 65.2 cm³/mol. The summed E-state index contributed by atoms with van der Waals surface area (Å²) in [4.78, 5) is 0. The second-order valence-electron chi connectivity index (χ2n) is 3.26. The number of halogens is 2. The molecule has 0 amide bonds. The molecule has 0 aliphatic carbocycles. The van der Waals surface area contributed by atoms with Gasteiger partial charge in [0.05, 0.1) is 4.62 Å². The smallest absolute Gasteiger partial charge is 0.123 e. The Morgan fingerprint density at radius 2 is 2.20 bits per heavy atom. The van der Waals surface area contributed by atoms with E-state index in [4.69, 9.17) is 5.41 Å². The Kier molecular flexibility index (Phi) is 4.03. The second-order valence-corrected chi connectivity index (χ2v) is 4.11. The van der Waals surface area contributed by atoms with Crippen molar-refractivity contribution in [2.24, 2.45) is 0 Å². The Hall–Kier alpha value is -1.16. The maximum atomic E-state index is 12.8. The van der Waals surface area contributed by atoms with E-state index in [1.165, 1.54) is 12.1 Å². The molecule has 0 radical (unpaired) electrons. The van der Waals surface area contributed by atoms with Gasteiger partial charge in [-0.15, -0.1) is 0 Å². The molecule has 0 bridgehead atoms. The standard InChI is InChI=1S/C11H12BrFN2/c1-7-5-9(13)3-4-10(7)15-8(2)6-11(12)14/h3-6,14-15H,1-2H3/b8-6-,14-11?. The van der Waals surface area contributed by atoms with Gasteiger partial charge in [0.2, 0.25) is 0 Å². The van der Waals surface area contributed by atoms with Crippen LogP contribution >= 0.6 is 15.9 Å². The largest absolute Gasteiger partial charge is 0.359 e. The molecule has 0 spiro atoms. The van der Waals surface area contributed by atoms with Crippen LogP contribution in [-0.2, 0) is 0 Å². The summed E-state index contributed by atoms with van der Waals surface area (Å²) in [7, 11) is 0. The van der Waals surface area contributed by atoms with E-state index in [-0.39, 0.29) is 5.82 Å². The van der Waals surface area contributed by atoms with Gasteiger partial charge in [-0.05, 0) is 59.6 Å². The molecule has 0 saturated heterocycles. The lowest BCUT2D eigenvalue weighted by atomic mass is 10.2. The highest BCUT2D eigenvalue weighted by Gasteiger charge is 1.99. The third-order valence-electron chi connectivity index (χ3n) is 1.86. The molecule has 2 nitrogen and oxygen atoms in total. The number of rotatable bonds is 3. The van der Waals surface area contributed by atoms with Gasteiger partial charge in [-0.1, -0.05) is 0 Å². The molecular weight excluding hydrogens is 259 g/mol. The number of nitrogens with one attached hydrogen (secondary N) is 2. The monoisotopic (exact) mass is 270 g/mol. The van der Waals surface area contributed by atoms with Gasteiger partial charge in [0.15, 0.2) is 0 Å². The summed E-state index contributed by atoms with van der Waals surface area (Å²) in [6.45, 7) is 3.68. The lowest BCUT2D eigenvalue weighted by molar-refractivity contribution is 0.627. The van der Waals surface area contributed by atoms with Gasteiger partial charge in [-0.25, -0.2) is 4.39 Å². The van der Waals surface area contributed by atoms with Crippen molar-refractivity contribution in [3.8, 4) is 0 Å². The summed E-state index contributed by atoms with van der Waals surface area (Å²) in [5, 5.41) is 10.3. The number of benzene rings is 1. The summed E-state index contributed by atoms with van der Waals surface area (Å²) < 4.78 is 13.1. The molecule has 0 saturated carbocycles. The van der Waals surface area contributed by atoms with E-state index in [0.29, 0.717) is 4.62 Å². The molecule has 0 aliphatic rings. The molecule has 80 valence electrons. The van der Waals surface area contributed by atoms with Crippen molar-refractivity contribution < 1.29 is 4.39 Å². The van der Waals surface area contributed by atoms with Gasteiger partial charge in [0.25, 0.3) is 0 Å². The van der Waals surface area contributed by atoms with Gasteiger partial charge in [0.1, 0.15) is 5.82 Å². The maximum absolute atomic E-state index is 12.8. The molecule has 0 unspecified atom stereocenters. The first-order valence-electron chi connectivity index (χ1n) is 4.44. The molecule has 1 aromatic carbocycles. The fourth-order valence-corrected chi connectivity index (χ4v) is 1.55. The average Bonchev–Trinajstić information content (AvgIpc) is 2.08. The normalized spacial score (nSPS) is 11.3. The molecule has 0 fully saturated rings. The number of allylic oxidation sites excluding steroid dienone is 2. The summed E-state index contributed by atoms with van der Waals surface area (Å²) >= 11 is 3.03. The van der Waals surface area contributed by atoms with Crippen molar-refractivity contribution in [3.05, 3.63) is 41.4 Å². The van der Waals surface area contributed by atoms with E-state index in [2.05, 4.69) is 21.2 Å². The Bertz CT molecular complexity index is 413. The fraction of sp³-hybridized carbons (Fsp3) is 0.182. The minimum absolute atomic E-state index is 0.243. The number of aryl methyl sites for hydroxylation is 1. The molecule has 0 atom stereocenters. The molecule has 15 heavy (non-hydrogen) atoms. The Balaban J connectivity index is 2.86. The third kappa shape index (κ3) is 3.83. The minimum Gasteiger partial charge on any atom is -0.359 e. The van der Waals surface area contributed by atoms with Crippen LogP contribution < -0.4 is 5.32 Å². The van der Waals surface area contributed by atoms with Crippen LogP contribution in [0.25, 0.3) is 0 Å². The highest BCUT2D eigenvalue weighted by Crippen LogP contribution is 2.17. The van der Waals surface area contributed by atoms with Crippen LogP contribution in [0, 0.1) is 18.2 Å². The summed E-state index contributed by atoms with van der Waals surface area (Å²) in [6, 6.07) is 4.55. The first-order valence-corrected chi connectivity index (χ1v) is 5.24. The SMILES string of the molecule is C/C(=C/C(=N)Br)Nc1ccc(F)cc1C. The zero-order valence-corrected chi connectivity index (χ0v) is 10.2. The maximum Gasteiger partial charge on any atom is 0.123 e. The Morgan fingerprint density at radius 1 is 1.53 bits per heavy atom. The van der Waals surface area contributed by atoms with E-state index in [0.717, 1.165) is 16.9 Å². The van der Waals surface area contributed by atoms with Gasteiger partial charge in [-0.3, -0.25) is 5.41 Å². The van der Waals surface area contributed by atoms with Crippen molar-refractivity contribution in [1.29, 1.82) is 5.41 Å². The highest BCUT2D eigenvalue weighted by atomic mass is 79.9. The van der Waals surface area contributed by atoms with E-state index in [9.17, 15) is 4.39 Å². The van der Waals surface area contributed by atoms with Crippen LogP contribution in [-0.4, -0.2) is 4.62 Å². The van der Waals surface area contributed by atoms with Crippen LogP contribution in [0.2, 0.25) is 0 Å². The summed E-state index contributed by atoms with van der Waals surface area (Å²) in [5.41, 5.74) is 2.51. The molecule has 0 aromatic heterocycles. The quantitative estimate of drug-likeness (QED) is 0.805. The molecule has 1 aromatic rings. The predicted octanol–water partition coefficient (Wildman–Crippen LogP) is 3.82. The molecule has 4 heteroatoms.